The van der Waals surface area contributed by atoms with E-state index in [1.807, 2.05) is 49.4 Å². The van der Waals surface area contributed by atoms with Crippen LogP contribution in [-0.4, -0.2) is 49.1 Å². The molecule has 0 spiro atoms. The summed E-state index contributed by atoms with van der Waals surface area (Å²) in [5, 5.41) is 5.87. The van der Waals surface area contributed by atoms with Crippen molar-refractivity contribution in [3.63, 3.8) is 0 Å². The van der Waals surface area contributed by atoms with Gasteiger partial charge >= 0.3 is 6.09 Å². The molecule has 0 unspecified atom stereocenters. The molecule has 0 aliphatic carbocycles. The summed E-state index contributed by atoms with van der Waals surface area (Å²) in [7, 11) is 0. The molecular weight excluding hydrogens is 342 g/mol. The van der Waals surface area contributed by atoms with Gasteiger partial charge in [-0.25, -0.2) is 4.79 Å². The first-order valence-electron chi connectivity index (χ1n) is 9.06. The first kappa shape index (κ1) is 20.5. The van der Waals surface area contributed by atoms with Crippen molar-refractivity contribution in [1.82, 2.24) is 15.5 Å². The number of amides is 2. The van der Waals surface area contributed by atoms with Gasteiger partial charge in [-0.3, -0.25) is 4.79 Å². The Morgan fingerprint density at radius 3 is 2.63 bits per heavy atom. The Bertz CT molecular complexity index is 692. The Morgan fingerprint density at radius 2 is 1.96 bits per heavy atom. The third kappa shape index (κ3) is 6.75. The summed E-state index contributed by atoms with van der Waals surface area (Å²) in [6, 6.07) is 8.54. The lowest BCUT2D eigenvalue weighted by Gasteiger charge is -2.31. The molecule has 1 fully saturated rings. The normalized spacial score (nSPS) is 15.7. The lowest BCUT2D eigenvalue weighted by atomic mass is 10.1. The lowest BCUT2D eigenvalue weighted by Crippen LogP contribution is -2.54. The summed E-state index contributed by atoms with van der Waals surface area (Å²) in [6.07, 6.45) is 6.58. The molecular formula is C21H27N3O3. The Balaban J connectivity index is 2.02. The van der Waals surface area contributed by atoms with Gasteiger partial charge in [0.15, 0.2) is 0 Å². The molecule has 6 heteroatoms. The fourth-order valence-electron chi connectivity index (χ4n) is 2.65. The van der Waals surface area contributed by atoms with Gasteiger partial charge in [0.05, 0.1) is 0 Å². The average molecular weight is 369 g/mol. The van der Waals surface area contributed by atoms with E-state index in [-0.39, 0.29) is 12.5 Å². The molecule has 2 amide bonds. The standard InChI is InChI=1S/C21H27N3O3/c1-3-4-6-9-17(2)19(20(25)24-14-12-22-13-15-24)23-21(26)27-16-18-10-7-5-8-11-18/h3-11,19,22H,2,12-16H2,1H3,(H,23,26)/b4-3-,9-6-/t19-/m0/s1. The van der Waals surface area contributed by atoms with Crippen molar-refractivity contribution in [2.24, 2.45) is 0 Å². The van der Waals surface area contributed by atoms with E-state index >= 15 is 0 Å². The molecule has 1 aliphatic rings. The molecule has 0 bridgehead atoms. The summed E-state index contributed by atoms with van der Waals surface area (Å²) in [4.78, 5) is 26.9. The zero-order valence-corrected chi connectivity index (χ0v) is 15.7. The quantitative estimate of drug-likeness (QED) is 0.724. The zero-order chi connectivity index (χ0) is 19.5. The van der Waals surface area contributed by atoms with Crippen LogP contribution in [0.15, 0.2) is 66.8 Å². The molecule has 0 radical (unpaired) electrons. The first-order chi connectivity index (χ1) is 13.1. The van der Waals surface area contributed by atoms with Crippen molar-refractivity contribution in [2.75, 3.05) is 26.2 Å². The second-order valence-corrected chi connectivity index (χ2v) is 6.17. The molecule has 1 heterocycles. The predicted octanol–water partition coefficient (Wildman–Crippen LogP) is 2.40. The summed E-state index contributed by atoms with van der Waals surface area (Å²) in [6.45, 7) is 8.67. The molecule has 2 rings (SSSR count). The third-order valence-corrected chi connectivity index (χ3v) is 4.14. The highest BCUT2D eigenvalue weighted by molar-refractivity contribution is 5.89. The highest BCUT2D eigenvalue weighted by Crippen LogP contribution is 2.09. The van der Waals surface area contributed by atoms with Gasteiger partial charge in [-0.1, -0.05) is 61.2 Å². The van der Waals surface area contributed by atoms with Crippen LogP contribution < -0.4 is 10.6 Å². The Morgan fingerprint density at radius 1 is 1.26 bits per heavy atom. The van der Waals surface area contributed by atoms with E-state index in [0.717, 1.165) is 18.7 Å². The summed E-state index contributed by atoms with van der Waals surface area (Å²) < 4.78 is 5.26. The minimum absolute atomic E-state index is 0.141. The van der Waals surface area contributed by atoms with Crippen LogP contribution in [0, 0.1) is 0 Å². The van der Waals surface area contributed by atoms with Gasteiger partial charge in [0, 0.05) is 26.2 Å². The second-order valence-electron chi connectivity index (χ2n) is 6.17. The number of carbonyl (C=O) groups excluding carboxylic acids is 2. The van der Waals surface area contributed by atoms with Gasteiger partial charge in [0.25, 0.3) is 0 Å². The predicted molar refractivity (Wildman–Crippen MR) is 106 cm³/mol. The molecule has 144 valence electrons. The highest BCUT2D eigenvalue weighted by Gasteiger charge is 2.28. The van der Waals surface area contributed by atoms with Crippen molar-refractivity contribution in [3.05, 3.63) is 72.4 Å². The van der Waals surface area contributed by atoms with Gasteiger partial charge in [0.1, 0.15) is 12.6 Å². The van der Waals surface area contributed by atoms with E-state index in [4.69, 9.17) is 4.74 Å². The monoisotopic (exact) mass is 369 g/mol. The Hall–Kier alpha value is -2.86. The van der Waals surface area contributed by atoms with Gasteiger partial charge in [0.2, 0.25) is 5.91 Å². The molecule has 6 nitrogen and oxygen atoms in total. The number of alkyl carbamates (subject to hydrolysis) is 1. The van der Waals surface area contributed by atoms with Crippen molar-refractivity contribution in [3.8, 4) is 0 Å². The van der Waals surface area contributed by atoms with Crippen LogP contribution >= 0.6 is 0 Å². The van der Waals surface area contributed by atoms with E-state index < -0.39 is 12.1 Å². The van der Waals surface area contributed by atoms with Crippen LogP contribution in [0.25, 0.3) is 0 Å². The van der Waals surface area contributed by atoms with Gasteiger partial charge in [-0.2, -0.15) is 0 Å². The van der Waals surface area contributed by atoms with Crippen molar-refractivity contribution in [1.29, 1.82) is 0 Å². The van der Waals surface area contributed by atoms with Gasteiger partial charge in [-0.15, -0.1) is 0 Å². The van der Waals surface area contributed by atoms with Crippen molar-refractivity contribution >= 4 is 12.0 Å². The minimum Gasteiger partial charge on any atom is -0.445 e. The number of carbonyl (C=O) groups is 2. The number of allylic oxidation sites excluding steroid dienone is 3. The third-order valence-electron chi connectivity index (χ3n) is 4.14. The maximum Gasteiger partial charge on any atom is 0.408 e. The molecule has 27 heavy (non-hydrogen) atoms. The van der Waals surface area contributed by atoms with E-state index in [2.05, 4.69) is 17.2 Å². The molecule has 1 saturated heterocycles. The van der Waals surface area contributed by atoms with E-state index in [1.54, 1.807) is 17.1 Å². The van der Waals surface area contributed by atoms with E-state index in [1.165, 1.54) is 0 Å². The van der Waals surface area contributed by atoms with E-state index in [0.29, 0.717) is 18.7 Å². The largest absolute Gasteiger partial charge is 0.445 e. The molecule has 1 aromatic rings. The maximum absolute atomic E-state index is 12.9. The van der Waals surface area contributed by atoms with Crippen LogP contribution in [0.2, 0.25) is 0 Å². The van der Waals surface area contributed by atoms with Gasteiger partial charge in [-0.05, 0) is 18.1 Å². The average Bonchev–Trinajstić information content (AvgIpc) is 2.71. The smallest absolute Gasteiger partial charge is 0.408 e. The van der Waals surface area contributed by atoms with Crippen LogP contribution in [-0.2, 0) is 16.1 Å². The minimum atomic E-state index is -0.854. The SMILES string of the molecule is C=C(/C=C\C=C/C)[C@H](NC(=O)OCc1ccccc1)C(=O)N1CCNCC1. The second kappa shape index (κ2) is 11.0. The first-order valence-corrected chi connectivity index (χ1v) is 9.06. The number of nitrogens with one attached hydrogen (secondary N) is 2. The van der Waals surface area contributed by atoms with Gasteiger partial charge < -0.3 is 20.3 Å². The molecule has 0 saturated carbocycles. The van der Waals surface area contributed by atoms with Crippen LogP contribution in [0.1, 0.15) is 12.5 Å². The topological polar surface area (TPSA) is 70.7 Å². The van der Waals surface area contributed by atoms with Crippen molar-refractivity contribution in [2.45, 2.75) is 19.6 Å². The number of hydrogen-bond acceptors (Lipinski definition) is 4. The summed E-state index contributed by atoms with van der Waals surface area (Å²) >= 11 is 0. The zero-order valence-electron chi connectivity index (χ0n) is 15.7. The number of ether oxygens (including phenoxy) is 1. The van der Waals surface area contributed by atoms with Crippen LogP contribution in [0.5, 0.6) is 0 Å². The van der Waals surface area contributed by atoms with E-state index in [9.17, 15) is 9.59 Å². The number of hydrogen-bond donors (Lipinski definition) is 2. The number of rotatable bonds is 7. The van der Waals surface area contributed by atoms with Crippen molar-refractivity contribution < 1.29 is 14.3 Å². The summed E-state index contributed by atoms with van der Waals surface area (Å²) in [5.74, 6) is -0.178. The van der Waals surface area contributed by atoms with Crippen LogP contribution in [0.3, 0.4) is 0 Å². The highest BCUT2D eigenvalue weighted by atomic mass is 16.5. The molecule has 2 N–H and O–H groups in total. The lowest BCUT2D eigenvalue weighted by molar-refractivity contribution is -0.132. The Labute approximate surface area is 160 Å². The Kier molecular flexibility index (Phi) is 8.32. The van der Waals surface area contributed by atoms with Crippen LogP contribution in [0.4, 0.5) is 4.79 Å². The fraction of sp³-hybridized carbons (Fsp3) is 0.333. The fourth-order valence-corrected chi connectivity index (χ4v) is 2.65. The molecule has 1 atom stereocenters. The maximum atomic E-state index is 12.9. The number of benzene rings is 1. The molecule has 1 aromatic carbocycles. The molecule has 0 aromatic heterocycles. The molecule has 1 aliphatic heterocycles. The number of piperazine rings is 1. The number of nitrogens with zero attached hydrogens (tertiary/aromatic N) is 1. The summed E-state index contributed by atoms with van der Waals surface area (Å²) in [5.41, 5.74) is 1.39.